The first-order valence-electron chi connectivity index (χ1n) is 9.03. The third kappa shape index (κ3) is 5.43. The van der Waals surface area contributed by atoms with Crippen LogP contribution < -0.4 is 21.9 Å². The zero-order valence-electron chi connectivity index (χ0n) is 16.6. The molecule has 0 saturated heterocycles. The van der Waals surface area contributed by atoms with E-state index in [0.29, 0.717) is 17.1 Å². The van der Waals surface area contributed by atoms with Crippen LogP contribution in [0.2, 0.25) is 0 Å². The first-order chi connectivity index (χ1) is 14.7. The van der Waals surface area contributed by atoms with Crippen LogP contribution in [0.4, 0.5) is 11.5 Å². The molecule has 10 heteroatoms. The Bertz CT molecular complexity index is 1290. The first-order valence-corrected chi connectivity index (χ1v) is 9.82. The third-order valence-corrected chi connectivity index (χ3v) is 4.72. The van der Waals surface area contributed by atoms with Crippen LogP contribution in [0.25, 0.3) is 6.08 Å². The van der Waals surface area contributed by atoms with Gasteiger partial charge >= 0.3 is 5.69 Å². The maximum atomic E-state index is 12.4. The summed E-state index contributed by atoms with van der Waals surface area (Å²) in [6, 6.07) is 9.79. The van der Waals surface area contributed by atoms with Crippen molar-refractivity contribution in [3.63, 3.8) is 0 Å². The third-order valence-electron chi connectivity index (χ3n) is 4.25. The van der Waals surface area contributed by atoms with Crippen molar-refractivity contribution in [3.05, 3.63) is 91.3 Å². The van der Waals surface area contributed by atoms with Gasteiger partial charge in [-0.3, -0.25) is 19.0 Å². The number of nitrogens with zero attached hydrogens (tertiary/aromatic N) is 3. The molecule has 31 heavy (non-hydrogen) atoms. The highest BCUT2D eigenvalue weighted by atomic mass is 79.9. The van der Waals surface area contributed by atoms with Crippen LogP contribution in [0.1, 0.15) is 15.9 Å². The Morgan fingerprint density at radius 3 is 2.58 bits per heavy atom. The SMILES string of the molecule is Cn1cc(/C=C/C(=O)Nc2cccc(C(=O)Nc3ccc(Br)cn3)c2)c(=O)n(C)c1=O. The van der Waals surface area contributed by atoms with E-state index in [1.54, 1.807) is 36.5 Å². The van der Waals surface area contributed by atoms with Crippen LogP contribution in [0.15, 0.2) is 68.9 Å². The Morgan fingerprint density at radius 1 is 1.10 bits per heavy atom. The molecule has 3 rings (SSSR count). The van der Waals surface area contributed by atoms with Gasteiger partial charge < -0.3 is 15.2 Å². The number of carbonyl (C=O) groups is 2. The van der Waals surface area contributed by atoms with E-state index >= 15 is 0 Å². The molecule has 0 unspecified atom stereocenters. The van der Waals surface area contributed by atoms with Gasteiger partial charge in [0.2, 0.25) is 5.91 Å². The van der Waals surface area contributed by atoms with E-state index < -0.39 is 17.2 Å². The largest absolute Gasteiger partial charge is 0.330 e. The second-order valence-electron chi connectivity index (χ2n) is 6.56. The van der Waals surface area contributed by atoms with Crippen molar-refractivity contribution in [1.29, 1.82) is 0 Å². The number of rotatable bonds is 5. The quantitative estimate of drug-likeness (QED) is 0.539. The lowest BCUT2D eigenvalue weighted by atomic mass is 10.2. The van der Waals surface area contributed by atoms with Gasteiger partial charge in [-0.2, -0.15) is 0 Å². The summed E-state index contributed by atoms with van der Waals surface area (Å²) in [4.78, 5) is 52.6. The fourth-order valence-electron chi connectivity index (χ4n) is 2.68. The van der Waals surface area contributed by atoms with Crippen molar-refractivity contribution in [2.75, 3.05) is 10.6 Å². The average Bonchev–Trinajstić information content (AvgIpc) is 2.75. The Kier molecular flexibility index (Phi) is 6.61. The van der Waals surface area contributed by atoms with Crippen LogP contribution in [-0.2, 0) is 18.9 Å². The standard InChI is InChI=1S/C21H18BrN5O4/c1-26-12-14(20(30)27(2)21(26)31)6-9-18(28)24-16-5-3-4-13(10-16)19(29)25-17-8-7-15(22)11-23-17/h3-12H,1-2H3,(H,24,28)(H,23,25,29)/b9-6+. The topological polar surface area (TPSA) is 115 Å². The Labute approximate surface area is 185 Å². The number of pyridine rings is 1. The molecule has 0 fully saturated rings. The van der Waals surface area contributed by atoms with Crippen LogP contribution in [0.3, 0.4) is 0 Å². The molecule has 9 nitrogen and oxygen atoms in total. The monoisotopic (exact) mass is 483 g/mol. The number of nitrogens with one attached hydrogen (secondary N) is 2. The Balaban J connectivity index is 1.70. The average molecular weight is 484 g/mol. The molecular formula is C21H18BrN5O4. The fourth-order valence-corrected chi connectivity index (χ4v) is 2.91. The number of anilines is 2. The molecular weight excluding hydrogens is 466 g/mol. The molecule has 2 amide bonds. The molecule has 0 aliphatic carbocycles. The number of benzene rings is 1. The number of aryl methyl sites for hydroxylation is 1. The van der Waals surface area contributed by atoms with Crippen LogP contribution in [0, 0.1) is 0 Å². The molecule has 2 heterocycles. The van der Waals surface area contributed by atoms with Gasteiger partial charge in [0.1, 0.15) is 5.82 Å². The van der Waals surface area contributed by atoms with Gasteiger partial charge in [0, 0.05) is 48.3 Å². The van der Waals surface area contributed by atoms with Gasteiger partial charge in [-0.15, -0.1) is 0 Å². The van der Waals surface area contributed by atoms with Crippen molar-refractivity contribution >= 4 is 45.3 Å². The molecule has 0 radical (unpaired) electrons. The number of aromatic nitrogens is 3. The smallest absolute Gasteiger partial charge is 0.322 e. The molecule has 3 aromatic rings. The maximum Gasteiger partial charge on any atom is 0.330 e. The first kappa shape index (κ1) is 21.9. The molecule has 2 aromatic heterocycles. The molecule has 0 saturated carbocycles. The summed E-state index contributed by atoms with van der Waals surface area (Å²) in [5, 5.41) is 5.31. The predicted octanol–water partition coefficient (Wildman–Crippen LogP) is 2.15. The Morgan fingerprint density at radius 2 is 1.87 bits per heavy atom. The maximum absolute atomic E-state index is 12.4. The molecule has 0 aliphatic rings. The molecule has 1 aromatic carbocycles. The fraction of sp³-hybridized carbons (Fsp3) is 0.0952. The molecule has 0 bridgehead atoms. The van der Waals surface area contributed by atoms with Gasteiger partial charge in [-0.05, 0) is 52.3 Å². The minimum atomic E-state index is -0.507. The van der Waals surface area contributed by atoms with Crippen molar-refractivity contribution in [1.82, 2.24) is 14.1 Å². The van der Waals surface area contributed by atoms with Crippen LogP contribution in [0.5, 0.6) is 0 Å². The zero-order valence-corrected chi connectivity index (χ0v) is 18.2. The van der Waals surface area contributed by atoms with Crippen molar-refractivity contribution in [2.24, 2.45) is 14.1 Å². The molecule has 0 atom stereocenters. The van der Waals surface area contributed by atoms with Crippen molar-refractivity contribution in [3.8, 4) is 0 Å². The van der Waals surface area contributed by atoms with E-state index in [-0.39, 0.29) is 11.5 Å². The van der Waals surface area contributed by atoms with Gasteiger partial charge in [0.25, 0.3) is 11.5 Å². The highest BCUT2D eigenvalue weighted by Gasteiger charge is 2.09. The van der Waals surface area contributed by atoms with Gasteiger partial charge in [0.15, 0.2) is 0 Å². The number of amides is 2. The summed E-state index contributed by atoms with van der Waals surface area (Å²) in [7, 11) is 2.88. The summed E-state index contributed by atoms with van der Waals surface area (Å²) in [5.74, 6) is -0.484. The molecule has 158 valence electrons. The minimum absolute atomic E-state index is 0.190. The lowest BCUT2D eigenvalue weighted by Gasteiger charge is -2.07. The van der Waals surface area contributed by atoms with E-state index in [2.05, 4.69) is 31.5 Å². The van der Waals surface area contributed by atoms with E-state index in [4.69, 9.17) is 0 Å². The molecule has 2 N–H and O–H groups in total. The summed E-state index contributed by atoms with van der Waals surface area (Å²) in [5.41, 5.74) is -0.0415. The summed E-state index contributed by atoms with van der Waals surface area (Å²) >= 11 is 3.28. The number of hydrogen-bond donors (Lipinski definition) is 2. The number of halogens is 1. The van der Waals surface area contributed by atoms with Gasteiger partial charge in [-0.25, -0.2) is 9.78 Å². The van der Waals surface area contributed by atoms with Crippen LogP contribution in [-0.4, -0.2) is 25.9 Å². The van der Waals surface area contributed by atoms with Gasteiger partial charge in [0.05, 0.1) is 5.56 Å². The van der Waals surface area contributed by atoms with E-state index in [0.717, 1.165) is 9.04 Å². The zero-order chi connectivity index (χ0) is 22.5. The van der Waals surface area contributed by atoms with Crippen molar-refractivity contribution in [2.45, 2.75) is 0 Å². The normalized spacial score (nSPS) is 10.8. The van der Waals surface area contributed by atoms with Crippen molar-refractivity contribution < 1.29 is 9.59 Å². The predicted molar refractivity (Wildman–Crippen MR) is 121 cm³/mol. The van der Waals surface area contributed by atoms with E-state index in [9.17, 15) is 19.2 Å². The number of carbonyl (C=O) groups excluding carboxylic acids is 2. The molecule has 0 aliphatic heterocycles. The van der Waals surface area contributed by atoms with Gasteiger partial charge in [-0.1, -0.05) is 6.07 Å². The Hall–Kier alpha value is -3.79. The lowest BCUT2D eigenvalue weighted by Crippen LogP contribution is -2.37. The van der Waals surface area contributed by atoms with E-state index in [1.165, 1.54) is 43.1 Å². The van der Waals surface area contributed by atoms with Crippen LogP contribution >= 0.6 is 15.9 Å². The van der Waals surface area contributed by atoms with E-state index in [1.807, 2.05) is 0 Å². The molecule has 0 spiro atoms. The summed E-state index contributed by atoms with van der Waals surface area (Å²) < 4.78 is 3.00. The summed E-state index contributed by atoms with van der Waals surface area (Å²) in [6.45, 7) is 0. The summed E-state index contributed by atoms with van der Waals surface area (Å²) in [6.07, 6.45) is 5.43. The lowest BCUT2D eigenvalue weighted by molar-refractivity contribution is -0.111. The number of hydrogen-bond acceptors (Lipinski definition) is 5. The minimum Gasteiger partial charge on any atom is -0.322 e. The highest BCUT2D eigenvalue weighted by molar-refractivity contribution is 9.10. The highest BCUT2D eigenvalue weighted by Crippen LogP contribution is 2.14. The second-order valence-corrected chi connectivity index (χ2v) is 7.48. The second kappa shape index (κ2) is 9.35.